The number of β-amino-alcohol motifs (C(OH)–C–C–N with tert-alkyl or cyclic N) is 1. The number of aliphatic hydroxyl groups is 1. The lowest BCUT2D eigenvalue weighted by Gasteiger charge is -2.29. The maximum atomic E-state index is 10.7. The van der Waals surface area contributed by atoms with Gasteiger partial charge in [-0.15, -0.1) is 0 Å². The van der Waals surface area contributed by atoms with Crippen LogP contribution in [0, 0.1) is 0 Å². The number of nitrogens with one attached hydrogen (secondary N) is 1. The zero-order valence-corrected chi connectivity index (χ0v) is 21.5. The highest BCUT2D eigenvalue weighted by atomic mass is 35.5. The van der Waals surface area contributed by atoms with Gasteiger partial charge in [0.15, 0.2) is 0 Å². The summed E-state index contributed by atoms with van der Waals surface area (Å²) in [6.07, 6.45) is 4.11. The molecule has 0 saturated heterocycles. The lowest BCUT2D eigenvalue weighted by Crippen LogP contribution is -2.45. The molecule has 2 aromatic carbocycles. The number of benzene rings is 2. The summed E-state index contributed by atoms with van der Waals surface area (Å²) in [4.78, 5) is 11.7. The van der Waals surface area contributed by atoms with Gasteiger partial charge in [-0.3, -0.25) is 4.79 Å². The Morgan fingerprint density at radius 1 is 1.12 bits per heavy atom. The Morgan fingerprint density at radius 3 is 2.52 bits per heavy atom. The molecule has 7 heteroatoms. The van der Waals surface area contributed by atoms with Gasteiger partial charge in [0.05, 0.1) is 6.10 Å². The molecule has 3 N–H and O–H groups in total. The van der Waals surface area contributed by atoms with Crippen LogP contribution < -0.4 is 5.32 Å². The van der Waals surface area contributed by atoms with Gasteiger partial charge < -0.3 is 15.5 Å². The van der Waals surface area contributed by atoms with Gasteiger partial charge in [0.1, 0.15) is 0 Å². The van der Waals surface area contributed by atoms with E-state index in [4.69, 9.17) is 16.7 Å². The molecule has 182 valence electrons. The van der Waals surface area contributed by atoms with E-state index in [2.05, 4.69) is 43.4 Å². The number of carbonyl (C=O) groups is 1. The van der Waals surface area contributed by atoms with Gasteiger partial charge in [0, 0.05) is 35.0 Å². The third-order valence-corrected chi connectivity index (χ3v) is 6.57. The minimum Gasteiger partial charge on any atom is -0.481 e. The van der Waals surface area contributed by atoms with E-state index in [0.29, 0.717) is 31.0 Å². The van der Waals surface area contributed by atoms with Crippen LogP contribution in [0.3, 0.4) is 0 Å². The minimum absolute atomic E-state index is 0.0424. The van der Waals surface area contributed by atoms with Crippen LogP contribution in [0.5, 0.6) is 0 Å². The number of likely N-dealkylation sites (N-methyl/N-ethyl adjacent to an activating group) is 1. The molecule has 0 aromatic heterocycles. The zero-order chi connectivity index (χ0) is 24.3. The van der Waals surface area contributed by atoms with Gasteiger partial charge in [-0.2, -0.15) is 0 Å². The van der Waals surface area contributed by atoms with E-state index in [1.165, 1.54) is 17.5 Å². The number of carboxylic acids is 1. The Kier molecular flexibility index (Phi) is 11.7. The van der Waals surface area contributed by atoms with E-state index >= 15 is 0 Å². The number of aryl methyl sites for hydroxylation is 2. The fraction of sp³-hybridized carbons (Fsp3) is 0.500. The third-order valence-electron chi connectivity index (χ3n) is 5.44. The van der Waals surface area contributed by atoms with Gasteiger partial charge >= 0.3 is 5.97 Å². The summed E-state index contributed by atoms with van der Waals surface area (Å²) < 4.78 is 2.00. The SMILES string of the molecule is CN(C[C@H](O)CNC(C)(C)CCCc1ccccc1)Sc1cc(Cl)cc(CCCC(=O)O)c1. The van der Waals surface area contributed by atoms with Gasteiger partial charge in [-0.05, 0) is 94.3 Å². The Balaban J connectivity index is 1.74. The van der Waals surface area contributed by atoms with Crippen molar-refractivity contribution in [2.75, 3.05) is 20.1 Å². The standard InChI is InChI=1S/C26H37ClN2O3S/c1-26(2,14-8-12-20-9-5-4-6-10-20)28-18-23(30)19-29(3)33-24-16-21(15-22(27)17-24)11-7-13-25(31)32/h4-6,9-10,15-17,23,28,30H,7-8,11-14,18-19H2,1-3H3,(H,31,32)/t23-/m1/s1. The summed E-state index contributed by atoms with van der Waals surface area (Å²) in [5, 5.41) is 23.5. The Bertz CT molecular complexity index is 864. The number of rotatable bonds is 15. The molecule has 0 spiro atoms. The molecule has 0 unspecified atom stereocenters. The van der Waals surface area contributed by atoms with Crippen LogP contribution in [-0.4, -0.2) is 52.3 Å². The smallest absolute Gasteiger partial charge is 0.303 e. The first-order valence-corrected chi connectivity index (χ1v) is 12.7. The van der Waals surface area contributed by atoms with Crippen molar-refractivity contribution in [3.05, 3.63) is 64.7 Å². The first kappa shape index (κ1) is 27.7. The van der Waals surface area contributed by atoms with Crippen molar-refractivity contribution >= 4 is 29.5 Å². The monoisotopic (exact) mass is 492 g/mol. The predicted octanol–water partition coefficient (Wildman–Crippen LogP) is 5.44. The fourth-order valence-electron chi connectivity index (χ4n) is 3.70. The molecule has 0 fully saturated rings. The zero-order valence-electron chi connectivity index (χ0n) is 19.9. The summed E-state index contributed by atoms with van der Waals surface area (Å²) in [5.41, 5.74) is 2.34. The molecule has 0 radical (unpaired) electrons. The molecule has 2 rings (SSSR count). The van der Waals surface area contributed by atoms with Crippen LogP contribution in [0.25, 0.3) is 0 Å². The molecular weight excluding hydrogens is 456 g/mol. The van der Waals surface area contributed by atoms with E-state index in [9.17, 15) is 9.90 Å². The number of halogens is 1. The summed E-state index contributed by atoms with van der Waals surface area (Å²) >= 11 is 7.78. The van der Waals surface area contributed by atoms with Crippen molar-refractivity contribution < 1.29 is 15.0 Å². The fourth-order valence-corrected chi connectivity index (χ4v) is 5.01. The molecular formula is C26H37ClN2O3S. The highest BCUT2D eigenvalue weighted by molar-refractivity contribution is 7.97. The van der Waals surface area contributed by atoms with Crippen molar-refractivity contribution in [1.82, 2.24) is 9.62 Å². The molecule has 0 aliphatic heterocycles. The van der Waals surface area contributed by atoms with Crippen molar-refractivity contribution in [2.45, 2.75) is 68.9 Å². The summed E-state index contributed by atoms with van der Waals surface area (Å²) in [6, 6.07) is 16.3. The molecule has 0 amide bonds. The van der Waals surface area contributed by atoms with Crippen molar-refractivity contribution in [1.29, 1.82) is 0 Å². The number of hydrogen-bond donors (Lipinski definition) is 3. The van der Waals surface area contributed by atoms with Crippen molar-refractivity contribution in [3.8, 4) is 0 Å². The topological polar surface area (TPSA) is 72.8 Å². The number of aliphatic carboxylic acids is 1. The van der Waals surface area contributed by atoms with E-state index in [1.807, 2.05) is 35.6 Å². The average Bonchev–Trinajstić information content (AvgIpc) is 2.72. The predicted molar refractivity (Wildman–Crippen MR) is 138 cm³/mol. The first-order chi connectivity index (χ1) is 15.6. The normalized spacial score (nSPS) is 12.8. The second kappa shape index (κ2) is 14.0. The van der Waals surface area contributed by atoms with Crippen LogP contribution in [0.2, 0.25) is 5.02 Å². The third kappa shape index (κ3) is 11.9. The largest absolute Gasteiger partial charge is 0.481 e. The highest BCUT2D eigenvalue weighted by Crippen LogP contribution is 2.27. The Morgan fingerprint density at radius 2 is 1.82 bits per heavy atom. The first-order valence-electron chi connectivity index (χ1n) is 11.5. The lowest BCUT2D eigenvalue weighted by molar-refractivity contribution is -0.137. The summed E-state index contributed by atoms with van der Waals surface area (Å²) in [5.74, 6) is -0.784. The summed E-state index contributed by atoms with van der Waals surface area (Å²) in [6.45, 7) is 5.40. The maximum absolute atomic E-state index is 10.7. The van der Waals surface area contributed by atoms with Gasteiger partial charge in [0.25, 0.3) is 0 Å². The van der Waals surface area contributed by atoms with Gasteiger partial charge in [0.2, 0.25) is 0 Å². The summed E-state index contributed by atoms with van der Waals surface area (Å²) in [7, 11) is 1.95. The molecule has 0 aliphatic rings. The van der Waals surface area contributed by atoms with Crippen LogP contribution in [0.4, 0.5) is 0 Å². The van der Waals surface area contributed by atoms with E-state index < -0.39 is 12.1 Å². The molecule has 0 aliphatic carbocycles. The lowest BCUT2D eigenvalue weighted by atomic mass is 9.95. The highest BCUT2D eigenvalue weighted by Gasteiger charge is 2.19. The molecule has 0 saturated carbocycles. The van der Waals surface area contributed by atoms with Crippen LogP contribution in [0.1, 0.15) is 50.7 Å². The van der Waals surface area contributed by atoms with Gasteiger partial charge in [-0.1, -0.05) is 41.9 Å². The van der Waals surface area contributed by atoms with Crippen molar-refractivity contribution in [2.24, 2.45) is 0 Å². The van der Waals surface area contributed by atoms with E-state index in [0.717, 1.165) is 29.7 Å². The molecule has 33 heavy (non-hydrogen) atoms. The quantitative estimate of drug-likeness (QED) is 0.287. The molecule has 2 aromatic rings. The Hall–Kier alpha value is -1.57. The molecule has 0 bridgehead atoms. The van der Waals surface area contributed by atoms with Gasteiger partial charge in [-0.25, -0.2) is 4.31 Å². The second-order valence-electron chi connectivity index (χ2n) is 9.20. The Labute approximate surface area is 207 Å². The van der Waals surface area contributed by atoms with Crippen LogP contribution >= 0.6 is 23.5 Å². The van der Waals surface area contributed by atoms with E-state index in [1.54, 1.807) is 0 Å². The number of aliphatic hydroxyl groups excluding tert-OH is 1. The van der Waals surface area contributed by atoms with Crippen LogP contribution in [-0.2, 0) is 17.6 Å². The maximum Gasteiger partial charge on any atom is 0.303 e. The number of hydrogen-bond acceptors (Lipinski definition) is 5. The number of carboxylic acid groups (broad SMARTS) is 1. The second-order valence-corrected chi connectivity index (χ2v) is 10.9. The minimum atomic E-state index is -0.784. The molecule has 0 heterocycles. The number of nitrogens with zero attached hydrogens (tertiary/aromatic N) is 1. The molecule has 5 nitrogen and oxygen atoms in total. The molecule has 1 atom stereocenters. The van der Waals surface area contributed by atoms with Crippen LogP contribution in [0.15, 0.2) is 53.4 Å². The van der Waals surface area contributed by atoms with Crippen molar-refractivity contribution in [3.63, 3.8) is 0 Å². The average molecular weight is 493 g/mol. The van der Waals surface area contributed by atoms with E-state index in [-0.39, 0.29) is 12.0 Å².